The van der Waals surface area contributed by atoms with E-state index in [0.29, 0.717) is 5.92 Å². The van der Waals surface area contributed by atoms with Crippen LogP contribution in [0.1, 0.15) is 56.1 Å². The lowest BCUT2D eigenvalue weighted by molar-refractivity contribution is -0.124. The van der Waals surface area contributed by atoms with Crippen LogP contribution < -0.4 is 5.32 Å². The molecule has 1 aromatic rings. The Kier molecular flexibility index (Phi) is 4.11. The van der Waals surface area contributed by atoms with Gasteiger partial charge in [-0.2, -0.15) is 0 Å². The number of carbonyl (C=O) groups excluding carboxylic acids is 1. The molecule has 1 aromatic carbocycles. The third-order valence-corrected chi connectivity index (χ3v) is 6.58. The molecule has 2 fully saturated rings. The van der Waals surface area contributed by atoms with E-state index in [-0.39, 0.29) is 35.7 Å². The van der Waals surface area contributed by atoms with Gasteiger partial charge in [-0.15, -0.1) is 0 Å². The number of amides is 1. The van der Waals surface area contributed by atoms with Crippen LogP contribution in [0.25, 0.3) is 0 Å². The minimum atomic E-state index is -0.212. The maximum Gasteiger partial charge on any atom is 0.224 e. The van der Waals surface area contributed by atoms with E-state index < -0.39 is 0 Å². The van der Waals surface area contributed by atoms with Crippen molar-refractivity contribution in [2.75, 3.05) is 6.61 Å². The second kappa shape index (κ2) is 6.14. The molecule has 0 aliphatic heterocycles. The molecular formula is C20H26FNO2. The molecule has 0 aromatic heterocycles. The van der Waals surface area contributed by atoms with Gasteiger partial charge in [-0.1, -0.05) is 25.3 Å². The largest absolute Gasteiger partial charge is 0.394 e. The van der Waals surface area contributed by atoms with E-state index in [2.05, 4.69) is 5.32 Å². The summed E-state index contributed by atoms with van der Waals surface area (Å²) >= 11 is 0. The van der Waals surface area contributed by atoms with Crippen LogP contribution in [0.2, 0.25) is 0 Å². The maximum absolute atomic E-state index is 13.6. The Labute approximate surface area is 142 Å². The zero-order valence-electron chi connectivity index (χ0n) is 14.1. The summed E-state index contributed by atoms with van der Waals surface area (Å²) in [4.78, 5) is 12.8. The molecule has 2 saturated carbocycles. The molecule has 2 N–H and O–H groups in total. The van der Waals surface area contributed by atoms with Gasteiger partial charge in [0.05, 0.1) is 12.6 Å². The van der Waals surface area contributed by atoms with E-state index in [1.165, 1.54) is 30.9 Å². The highest BCUT2D eigenvalue weighted by molar-refractivity contribution is 5.85. The first-order valence-corrected chi connectivity index (χ1v) is 9.34. The summed E-state index contributed by atoms with van der Waals surface area (Å²) in [5.41, 5.74) is 2.09. The number of hydrogen-bond acceptors (Lipinski definition) is 2. The fraction of sp³-hybridized carbons (Fsp3) is 0.650. The minimum Gasteiger partial charge on any atom is -0.394 e. The summed E-state index contributed by atoms with van der Waals surface area (Å²) in [6.07, 6.45) is 8.52. The van der Waals surface area contributed by atoms with Crippen molar-refractivity contribution in [3.63, 3.8) is 0 Å². The van der Waals surface area contributed by atoms with Crippen LogP contribution in [0.4, 0.5) is 4.39 Å². The zero-order chi connectivity index (χ0) is 16.7. The van der Waals surface area contributed by atoms with E-state index in [0.717, 1.165) is 37.7 Å². The van der Waals surface area contributed by atoms with Crippen LogP contribution >= 0.6 is 0 Å². The minimum absolute atomic E-state index is 0.0152. The molecule has 24 heavy (non-hydrogen) atoms. The van der Waals surface area contributed by atoms with E-state index in [9.17, 15) is 14.3 Å². The van der Waals surface area contributed by atoms with Gasteiger partial charge in [0.15, 0.2) is 0 Å². The lowest BCUT2D eigenvalue weighted by Crippen LogP contribution is -2.45. The average Bonchev–Trinajstić information content (AvgIpc) is 3.24. The highest BCUT2D eigenvalue weighted by Gasteiger charge is 2.61. The highest BCUT2D eigenvalue weighted by Crippen LogP contribution is 2.61. The molecule has 1 amide bonds. The number of aliphatic hydroxyl groups excluding tert-OH is 1. The van der Waals surface area contributed by atoms with Crippen molar-refractivity contribution in [1.29, 1.82) is 0 Å². The zero-order valence-corrected chi connectivity index (χ0v) is 14.1. The molecule has 0 bridgehead atoms. The molecule has 1 spiro atoms. The molecule has 4 heteroatoms. The van der Waals surface area contributed by atoms with Crippen molar-refractivity contribution >= 4 is 5.91 Å². The Hall–Kier alpha value is -1.42. The molecule has 3 aliphatic carbocycles. The molecule has 0 heterocycles. The van der Waals surface area contributed by atoms with Gasteiger partial charge in [-0.05, 0) is 61.3 Å². The van der Waals surface area contributed by atoms with Crippen LogP contribution in [0.5, 0.6) is 0 Å². The summed E-state index contributed by atoms with van der Waals surface area (Å²) in [6, 6.07) is 4.88. The predicted octanol–water partition coefficient (Wildman–Crippen LogP) is 3.09. The number of benzene rings is 1. The number of hydrogen-bond donors (Lipinski definition) is 2. The van der Waals surface area contributed by atoms with Crippen molar-refractivity contribution in [1.82, 2.24) is 5.32 Å². The number of carbonyl (C=O) groups is 1. The molecule has 0 radical (unpaired) electrons. The quantitative estimate of drug-likeness (QED) is 0.891. The highest BCUT2D eigenvalue weighted by atomic mass is 19.1. The Morgan fingerprint density at radius 1 is 1.33 bits per heavy atom. The summed E-state index contributed by atoms with van der Waals surface area (Å²) in [6.45, 7) is 0.0152. The lowest BCUT2D eigenvalue weighted by Gasteiger charge is -2.30. The van der Waals surface area contributed by atoms with Crippen LogP contribution in [-0.2, 0) is 16.6 Å². The number of halogens is 1. The molecule has 3 nitrogen and oxygen atoms in total. The molecule has 0 saturated heterocycles. The van der Waals surface area contributed by atoms with Gasteiger partial charge in [0, 0.05) is 11.3 Å². The first-order chi connectivity index (χ1) is 11.6. The van der Waals surface area contributed by atoms with Gasteiger partial charge in [0.1, 0.15) is 5.82 Å². The number of aliphatic hydroxyl groups is 1. The van der Waals surface area contributed by atoms with Crippen LogP contribution in [-0.4, -0.2) is 23.7 Å². The average molecular weight is 331 g/mol. The molecule has 2 unspecified atom stereocenters. The van der Waals surface area contributed by atoms with Gasteiger partial charge >= 0.3 is 0 Å². The number of aryl methyl sites for hydroxylation is 1. The van der Waals surface area contributed by atoms with E-state index in [4.69, 9.17) is 0 Å². The van der Waals surface area contributed by atoms with Crippen LogP contribution in [0.3, 0.4) is 0 Å². The molecule has 4 rings (SSSR count). The normalized spacial score (nSPS) is 30.2. The van der Waals surface area contributed by atoms with Gasteiger partial charge in [0.2, 0.25) is 5.91 Å². The van der Waals surface area contributed by atoms with Gasteiger partial charge < -0.3 is 10.4 Å². The smallest absolute Gasteiger partial charge is 0.224 e. The standard InChI is InChI=1S/C20H26FNO2/c21-15-7-6-13-8-9-20(16(13)10-15)11-17(20)19(24)22-18(12-23)14-4-2-1-3-5-14/h6-7,10,14,17-18,23H,1-5,8-9,11-12H2,(H,22,24)/t17?,18-,20?/m0/s1. The number of rotatable bonds is 4. The van der Waals surface area contributed by atoms with Crippen LogP contribution in [0.15, 0.2) is 18.2 Å². The topological polar surface area (TPSA) is 49.3 Å². The summed E-state index contributed by atoms with van der Waals surface area (Å²) in [5, 5.41) is 12.8. The Balaban J connectivity index is 1.45. The van der Waals surface area contributed by atoms with Crippen molar-refractivity contribution in [3.05, 3.63) is 35.1 Å². The SMILES string of the molecule is O=C(N[C@@H](CO)C1CCCCC1)C1CC12CCc1ccc(F)cc12. The molecule has 3 aliphatic rings. The van der Waals surface area contributed by atoms with Gasteiger partial charge in [0.25, 0.3) is 0 Å². The van der Waals surface area contributed by atoms with E-state index in [1.54, 1.807) is 6.07 Å². The van der Waals surface area contributed by atoms with Crippen LogP contribution in [0, 0.1) is 17.7 Å². The monoisotopic (exact) mass is 331 g/mol. The van der Waals surface area contributed by atoms with Gasteiger partial charge in [-0.25, -0.2) is 4.39 Å². The summed E-state index contributed by atoms with van der Waals surface area (Å²) in [5.74, 6) is 0.183. The van der Waals surface area contributed by atoms with E-state index >= 15 is 0 Å². The maximum atomic E-state index is 13.6. The second-order valence-electron chi connectivity index (χ2n) is 7.91. The lowest BCUT2D eigenvalue weighted by atomic mass is 9.84. The third kappa shape index (κ3) is 2.65. The number of nitrogens with one attached hydrogen (secondary N) is 1. The molecular weight excluding hydrogens is 305 g/mol. The summed E-state index contributed by atoms with van der Waals surface area (Å²) < 4.78 is 13.6. The third-order valence-electron chi connectivity index (χ3n) is 6.58. The second-order valence-corrected chi connectivity index (χ2v) is 7.91. The number of fused-ring (bicyclic) bond motifs is 2. The molecule has 130 valence electrons. The fourth-order valence-electron chi connectivity index (χ4n) is 5.08. The Morgan fingerprint density at radius 2 is 2.12 bits per heavy atom. The van der Waals surface area contributed by atoms with Crippen molar-refractivity contribution in [2.24, 2.45) is 11.8 Å². The van der Waals surface area contributed by atoms with Gasteiger partial charge in [-0.3, -0.25) is 4.79 Å². The molecule has 3 atom stereocenters. The predicted molar refractivity (Wildman–Crippen MR) is 90.1 cm³/mol. The van der Waals surface area contributed by atoms with Crippen molar-refractivity contribution in [3.8, 4) is 0 Å². The van der Waals surface area contributed by atoms with E-state index in [1.807, 2.05) is 6.07 Å². The Bertz CT molecular complexity index is 641. The summed E-state index contributed by atoms with van der Waals surface area (Å²) in [7, 11) is 0. The Morgan fingerprint density at radius 3 is 2.88 bits per heavy atom. The van der Waals surface area contributed by atoms with Crippen molar-refractivity contribution in [2.45, 2.75) is 62.8 Å². The first kappa shape index (κ1) is 16.1. The van der Waals surface area contributed by atoms with Crippen molar-refractivity contribution < 1.29 is 14.3 Å². The fourth-order valence-corrected chi connectivity index (χ4v) is 5.08. The first-order valence-electron chi connectivity index (χ1n) is 9.34.